The van der Waals surface area contributed by atoms with Crippen LogP contribution >= 0.6 is 11.3 Å². The van der Waals surface area contributed by atoms with Crippen molar-refractivity contribution in [2.45, 2.75) is 38.8 Å². The summed E-state index contributed by atoms with van der Waals surface area (Å²) in [5.41, 5.74) is -0.324. The molecule has 0 bridgehead atoms. The number of anilines is 1. The largest absolute Gasteiger partial charge is 0.451 e. The van der Waals surface area contributed by atoms with Crippen molar-refractivity contribution in [2.24, 2.45) is 7.05 Å². The van der Waals surface area contributed by atoms with E-state index in [-0.39, 0.29) is 29.1 Å². The molecule has 0 aliphatic heterocycles. The topological polar surface area (TPSA) is 159 Å². The van der Waals surface area contributed by atoms with Gasteiger partial charge in [0.1, 0.15) is 28.5 Å². The number of nitrogens with one attached hydrogen (secondary N) is 1. The summed E-state index contributed by atoms with van der Waals surface area (Å²) in [5, 5.41) is 19.4. The van der Waals surface area contributed by atoms with Gasteiger partial charge in [-0.15, -0.1) is 11.3 Å². The summed E-state index contributed by atoms with van der Waals surface area (Å²) >= 11 is 1.11. The number of imidazole rings is 1. The molecule has 5 heterocycles. The first-order valence-corrected chi connectivity index (χ1v) is 12.2. The minimum atomic E-state index is -4.66. The van der Waals surface area contributed by atoms with E-state index in [1.807, 2.05) is 0 Å². The van der Waals surface area contributed by atoms with Crippen molar-refractivity contribution in [3.8, 4) is 10.6 Å². The van der Waals surface area contributed by atoms with E-state index in [1.165, 1.54) is 22.5 Å². The van der Waals surface area contributed by atoms with E-state index in [9.17, 15) is 27.9 Å². The number of aliphatic hydroxyl groups is 1. The normalized spacial score (nSPS) is 13.6. The van der Waals surface area contributed by atoms with Crippen molar-refractivity contribution in [3.63, 3.8) is 0 Å². The summed E-state index contributed by atoms with van der Waals surface area (Å²) < 4.78 is 46.9. The standard InChI is InChI=1S/C22H20F3N9O4S/c1-10-4-13(31-38-10)7-33-19(36)15-16(32(3)21(33)37)28-9-34(15)11(2)17(35)29-14-8-39-18(30-14)12-5-26-20(27-6-12)22(23,24)25/h4-6,8-9,11,17,29,35H,7H2,1-3H3/t11-,17?/m0/s1. The van der Waals surface area contributed by atoms with Gasteiger partial charge in [0.2, 0.25) is 5.82 Å². The number of fused-ring (bicyclic) bond motifs is 1. The highest BCUT2D eigenvalue weighted by Crippen LogP contribution is 2.29. The lowest BCUT2D eigenvalue weighted by atomic mass is 10.2. The number of rotatable bonds is 7. The average Bonchev–Trinajstić information content (AvgIpc) is 3.64. The molecule has 0 saturated heterocycles. The molecular weight excluding hydrogens is 543 g/mol. The van der Waals surface area contributed by atoms with Crippen LogP contribution in [0.3, 0.4) is 0 Å². The maximum absolute atomic E-state index is 13.4. The highest BCUT2D eigenvalue weighted by Gasteiger charge is 2.34. The van der Waals surface area contributed by atoms with Crippen LogP contribution in [-0.4, -0.2) is 50.1 Å². The summed E-state index contributed by atoms with van der Waals surface area (Å²) in [5.74, 6) is -0.490. The van der Waals surface area contributed by atoms with Crippen LogP contribution in [0, 0.1) is 6.92 Å². The number of hydrogen-bond acceptors (Lipinski definition) is 11. The van der Waals surface area contributed by atoms with Gasteiger partial charge in [-0.3, -0.25) is 13.9 Å². The molecule has 0 aliphatic carbocycles. The Bertz CT molecular complexity index is 1770. The summed E-state index contributed by atoms with van der Waals surface area (Å²) in [4.78, 5) is 41.3. The number of halogens is 3. The first kappa shape index (κ1) is 26.2. The van der Waals surface area contributed by atoms with E-state index < -0.39 is 35.5 Å². The molecule has 0 spiro atoms. The number of hydrogen-bond donors (Lipinski definition) is 2. The molecule has 13 nitrogen and oxygen atoms in total. The molecule has 0 aromatic carbocycles. The third-order valence-electron chi connectivity index (χ3n) is 5.90. The average molecular weight is 564 g/mol. The second-order valence-corrected chi connectivity index (χ2v) is 9.50. The Balaban J connectivity index is 1.40. The van der Waals surface area contributed by atoms with Crippen molar-refractivity contribution < 1.29 is 22.8 Å². The van der Waals surface area contributed by atoms with E-state index in [1.54, 1.807) is 25.3 Å². The van der Waals surface area contributed by atoms with Gasteiger partial charge >= 0.3 is 11.9 Å². The molecule has 5 rings (SSSR count). The Labute approximate surface area is 220 Å². The van der Waals surface area contributed by atoms with Gasteiger partial charge in [0.25, 0.3) is 5.56 Å². The third kappa shape index (κ3) is 4.92. The Morgan fingerprint density at radius 2 is 1.92 bits per heavy atom. The maximum Gasteiger partial charge on any atom is 0.451 e. The second kappa shape index (κ2) is 9.73. The molecule has 0 saturated carbocycles. The van der Waals surface area contributed by atoms with Gasteiger partial charge in [0.15, 0.2) is 11.2 Å². The number of aromatic nitrogens is 8. The van der Waals surface area contributed by atoms with Crippen LogP contribution in [0.1, 0.15) is 30.2 Å². The monoisotopic (exact) mass is 563 g/mol. The molecule has 204 valence electrons. The highest BCUT2D eigenvalue weighted by atomic mass is 32.1. The van der Waals surface area contributed by atoms with E-state index in [0.29, 0.717) is 16.5 Å². The first-order valence-electron chi connectivity index (χ1n) is 11.3. The Morgan fingerprint density at radius 3 is 2.56 bits per heavy atom. The Kier molecular flexibility index (Phi) is 6.55. The van der Waals surface area contributed by atoms with E-state index in [2.05, 4.69) is 30.4 Å². The van der Waals surface area contributed by atoms with Crippen LogP contribution in [0.25, 0.3) is 21.7 Å². The van der Waals surface area contributed by atoms with Gasteiger partial charge in [-0.05, 0) is 13.8 Å². The minimum absolute atomic E-state index is 0.0894. The smallest absolute Gasteiger partial charge is 0.372 e. The highest BCUT2D eigenvalue weighted by molar-refractivity contribution is 7.13. The molecule has 39 heavy (non-hydrogen) atoms. The molecular formula is C22H20F3N9O4S. The third-order valence-corrected chi connectivity index (χ3v) is 6.79. The summed E-state index contributed by atoms with van der Waals surface area (Å²) in [7, 11) is 1.48. The molecule has 2 N–H and O–H groups in total. The summed E-state index contributed by atoms with van der Waals surface area (Å²) in [6, 6.07) is 0.852. The number of aliphatic hydroxyl groups excluding tert-OH is 1. The Morgan fingerprint density at radius 1 is 1.21 bits per heavy atom. The molecule has 0 amide bonds. The van der Waals surface area contributed by atoms with Gasteiger partial charge in [0.05, 0.1) is 18.9 Å². The van der Waals surface area contributed by atoms with Crippen molar-refractivity contribution in [2.75, 3.05) is 5.32 Å². The molecule has 1 unspecified atom stereocenters. The van der Waals surface area contributed by atoms with E-state index in [4.69, 9.17) is 4.52 Å². The fraction of sp³-hybridized carbons (Fsp3) is 0.318. The molecule has 0 aliphatic rings. The number of aryl methyl sites for hydroxylation is 2. The van der Waals surface area contributed by atoms with Crippen LogP contribution in [0.5, 0.6) is 0 Å². The molecule has 0 radical (unpaired) electrons. The van der Waals surface area contributed by atoms with Crippen LogP contribution in [0.2, 0.25) is 0 Å². The summed E-state index contributed by atoms with van der Waals surface area (Å²) in [6.07, 6.45) is -2.55. The van der Waals surface area contributed by atoms with Crippen molar-refractivity contribution in [1.82, 2.24) is 38.8 Å². The zero-order chi connectivity index (χ0) is 28.1. The molecule has 2 atom stereocenters. The lowest BCUT2D eigenvalue weighted by Gasteiger charge is -2.22. The fourth-order valence-corrected chi connectivity index (χ4v) is 4.61. The van der Waals surface area contributed by atoms with Gasteiger partial charge in [-0.25, -0.2) is 24.7 Å². The first-order chi connectivity index (χ1) is 18.4. The zero-order valence-electron chi connectivity index (χ0n) is 20.5. The van der Waals surface area contributed by atoms with Gasteiger partial charge < -0.3 is 19.5 Å². The summed E-state index contributed by atoms with van der Waals surface area (Å²) in [6.45, 7) is 3.20. The predicted molar refractivity (Wildman–Crippen MR) is 132 cm³/mol. The number of thiazole rings is 1. The minimum Gasteiger partial charge on any atom is -0.372 e. The lowest BCUT2D eigenvalue weighted by molar-refractivity contribution is -0.144. The second-order valence-electron chi connectivity index (χ2n) is 8.65. The predicted octanol–water partition coefficient (Wildman–Crippen LogP) is 2.17. The molecule has 0 fully saturated rings. The van der Waals surface area contributed by atoms with Gasteiger partial charge in [0, 0.05) is 36.5 Å². The molecule has 5 aromatic heterocycles. The SMILES string of the molecule is Cc1cc(Cn2c(=O)c3c(ncn3[C@@H](C)C(O)Nc3csc(-c4cnc(C(F)(F)F)nc4)n3)n(C)c2=O)no1. The number of alkyl halides is 3. The Hall–Kier alpha value is -4.38. The van der Waals surface area contributed by atoms with Crippen LogP contribution in [0.4, 0.5) is 19.0 Å². The van der Waals surface area contributed by atoms with E-state index >= 15 is 0 Å². The van der Waals surface area contributed by atoms with Crippen LogP contribution in [-0.2, 0) is 19.8 Å². The number of nitrogens with zero attached hydrogens (tertiary/aromatic N) is 8. The van der Waals surface area contributed by atoms with Gasteiger partial charge in [-0.2, -0.15) is 13.2 Å². The molecule has 5 aromatic rings. The van der Waals surface area contributed by atoms with Crippen molar-refractivity contribution >= 4 is 28.3 Å². The van der Waals surface area contributed by atoms with E-state index in [0.717, 1.165) is 28.3 Å². The fourth-order valence-electron chi connectivity index (χ4n) is 3.87. The molecule has 17 heteroatoms. The van der Waals surface area contributed by atoms with Gasteiger partial charge in [-0.1, -0.05) is 5.16 Å². The van der Waals surface area contributed by atoms with Crippen LogP contribution < -0.4 is 16.6 Å². The lowest BCUT2D eigenvalue weighted by Crippen LogP contribution is -2.40. The van der Waals surface area contributed by atoms with Crippen LogP contribution in [0.15, 0.2) is 44.3 Å². The quantitative estimate of drug-likeness (QED) is 0.281. The van der Waals surface area contributed by atoms with Crippen molar-refractivity contribution in [1.29, 1.82) is 0 Å². The zero-order valence-corrected chi connectivity index (χ0v) is 21.4. The maximum atomic E-state index is 13.4. The van der Waals surface area contributed by atoms with Crippen molar-refractivity contribution in [3.05, 3.63) is 68.3 Å².